The molecule has 2 fully saturated rings. The Morgan fingerprint density at radius 3 is 2.65 bits per heavy atom. The highest BCUT2D eigenvalue weighted by Gasteiger charge is 2.22. The number of aryl methyl sites for hydroxylation is 1. The second-order valence-corrected chi connectivity index (χ2v) is 7.37. The first-order valence-corrected chi connectivity index (χ1v) is 9.54. The van der Waals surface area contributed by atoms with Crippen molar-refractivity contribution >= 4 is 17.5 Å². The van der Waals surface area contributed by atoms with Crippen LogP contribution in [0.4, 0.5) is 5.69 Å². The fourth-order valence-electron chi connectivity index (χ4n) is 3.65. The van der Waals surface area contributed by atoms with E-state index in [0.29, 0.717) is 32.2 Å². The summed E-state index contributed by atoms with van der Waals surface area (Å²) in [5.41, 5.74) is 2.60. The van der Waals surface area contributed by atoms with Crippen molar-refractivity contribution in [1.29, 1.82) is 0 Å². The van der Waals surface area contributed by atoms with Crippen LogP contribution in [0.2, 0.25) is 0 Å². The van der Waals surface area contributed by atoms with E-state index < -0.39 is 0 Å². The van der Waals surface area contributed by atoms with E-state index in [4.69, 9.17) is 4.74 Å². The second kappa shape index (κ2) is 8.54. The Morgan fingerprint density at radius 1 is 1.19 bits per heavy atom. The molecule has 26 heavy (non-hydrogen) atoms. The van der Waals surface area contributed by atoms with E-state index in [-0.39, 0.29) is 18.4 Å². The van der Waals surface area contributed by atoms with E-state index in [1.165, 1.54) is 6.42 Å². The Balaban J connectivity index is 1.58. The average Bonchev–Trinajstić information content (AvgIpc) is 2.67. The van der Waals surface area contributed by atoms with E-state index in [9.17, 15) is 9.59 Å². The summed E-state index contributed by atoms with van der Waals surface area (Å²) in [4.78, 5) is 28.7. The van der Waals surface area contributed by atoms with Gasteiger partial charge in [-0.2, -0.15) is 0 Å². The standard InChI is InChI=1S/C20H29N3O3/c1-15-4-3-7-23(14-15)20(25)17-5-6-18(16(2)12-17)21-13-19(24)22-8-10-26-11-9-22/h5-6,12,15,21H,3-4,7-11,13-14H2,1-2H3/t15-/m0/s1. The molecule has 2 saturated heterocycles. The molecule has 1 aromatic carbocycles. The van der Waals surface area contributed by atoms with Crippen LogP contribution in [0.3, 0.4) is 0 Å². The van der Waals surface area contributed by atoms with Gasteiger partial charge < -0.3 is 19.9 Å². The van der Waals surface area contributed by atoms with Crippen molar-refractivity contribution in [2.24, 2.45) is 5.92 Å². The maximum Gasteiger partial charge on any atom is 0.253 e. The number of piperidine rings is 1. The van der Waals surface area contributed by atoms with Crippen molar-refractivity contribution in [2.75, 3.05) is 51.3 Å². The van der Waals surface area contributed by atoms with Crippen LogP contribution in [0.1, 0.15) is 35.7 Å². The van der Waals surface area contributed by atoms with E-state index in [1.54, 1.807) is 0 Å². The van der Waals surface area contributed by atoms with Crippen molar-refractivity contribution in [3.05, 3.63) is 29.3 Å². The number of benzene rings is 1. The Hall–Kier alpha value is -2.08. The molecule has 0 unspecified atom stereocenters. The maximum absolute atomic E-state index is 12.7. The zero-order valence-corrected chi connectivity index (χ0v) is 15.8. The fourth-order valence-corrected chi connectivity index (χ4v) is 3.65. The largest absolute Gasteiger partial charge is 0.378 e. The minimum Gasteiger partial charge on any atom is -0.378 e. The number of ether oxygens (including phenoxy) is 1. The lowest BCUT2D eigenvalue weighted by Gasteiger charge is -2.31. The van der Waals surface area contributed by atoms with Gasteiger partial charge in [0.25, 0.3) is 5.91 Å². The molecule has 0 radical (unpaired) electrons. The van der Waals surface area contributed by atoms with Gasteiger partial charge in [0.2, 0.25) is 5.91 Å². The Labute approximate surface area is 155 Å². The topological polar surface area (TPSA) is 61.9 Å². The van der Waals surface area contributed by atoms with E-state index >= 15 is 0 Å². The zero-order valence-electron chi connectivity index (χ0n) is 15.8. The SMILES string of the molecule is Cc1cc(C(=O)N2CCC[C@H](C)C2)ccc1NCC(=O)N1CCOCC1. The van der Waals surface area contributed by atoms with Crippen molar-refractivity contribution in [3.63, 3.8) is 0 Å². The van der Waals surface area contributed by atoms with Gasteiger partial charge in [-0.15, -0.1) is 0 Å². The normalized spacial score (nSPS) is 20.8. The first-order valence-electron chi connectivity index (χ1n) is 9.54. The number of likely N-dealkylation sites (tertiary alicyclic amines) is 1. The molecule has 0 aliphatic carbocycles. The molecule has 3 rings (SSSR count). The third-order valence-electron chi connectivity index (χ3n) is 5.21. The van der Waals surface area contributed by atoms with Crippen LogP contribution in [0.5, 0.6) is 0 Å². The van der Waals surface area contributed by atoms with Crippen LogP contribution >= 0.6 is 0 Å². The van der Waals surface area contributed by atoms with Gasteiger partial charge in [0, 0.05) is 37.4 Å². The number of carbonyl (C=O) groups excluding carboxylic acids is 2. The quantitative estimate of drug-likeness (QED) is 0.895. The number of nitrogens with zero attached hydrogens (tertiary/aromatic N) is 2. The third-order valence-corrected chi connectivity index (χ3v) is 5.21. The van der Waals surface area contributed by atoms with Gasteiger partial charge in [-0.1, -0.05) is 6.92 Å². The number of carbonyl (C=O) groups is 2. The van der Waals surface area contributed by atoms with E-state index in [2.05, 4.69) is 12.2 Å². The highest BCUT2D eigenvalue weighted by atomic mass is 16.5. The smallest absolute Gasteiger partial charge is 0.253 e. The number of morpholine rings is 1. The highest BCUT2D eigenvalue weighted by Crippen LogP contribution is 2.21. The van der Waals surface area contributed by atoms with Crippen LogP contribution in [-0.2, 0) is 9.53 Å². The molecule has 0 spiro atoms. The van der Waals surface area contributed by atoms with Crippen molar-refractivity contribution in [3.8, 4) is 0 Å². The van der Waals surface area contributed by atoms with Gasteiger partial charge in [-0.3, -0.25) is 9.59 Å². The van der Waals surface area contributed by atoms with Gasteiger partial charge in [-0.05, 0) is 49.4 Å². The molecule has 1 N–H and O–H groups in total. The van der Waals surface area contributed by atoms with Crippen LogP contribution < -0.4 is 5.32 Å². The number of nitrogens with one attached hydrogen (secondary N) is 1. The fraction of sp³-hybridized carbons (Fsp3) is 0.600. The lowest BCUT2D eigenvalue weighted by molar-refractivity contribution is -0.133. The van der Waals surface area contributed by atoms with E-state index in [0.717, 1.165) is 36.3 Å². The molecule has 2 aliphatic rings. The van der Waals surface area contributed by atoms with Crippen LogP contribution in [0.15, 0.2) is 18.2 Å². The molecule has 1 aromatic rings. The second-order valence-electron chi connectivity index (χ2n) is 7.37. The summed E-state index contributed by atoms with van der Waals surface area (Å²) >= 11 is 0. The molecule has 0 aromatic heterocycles. The highest BCUT2D eigenvalue weighted by molar-refractivity contribution is 5.95. The van der Waals surface area contributed by atoms with Gasteiger partial charge in [0.05, 0.1) is 19.8 Å². The van der Waals surface area contributed by atoms with E-state index in [1.807, 2.05) is 34.9 Å². The summed E-state index contributed by atoms with van der Waals surface area (Å²) < 4.78 is 5.27. The monoisotopic (exact) mass is 359 g/mol. The van der Waals surface area contributed by atoms with Crippen molar-refractivity contribution < 1.29 is 14.3 Å². The molecule has 1 atom stereocenters. The summed E-state index contributed by atoms with van der Waals surface area (Å²) in [7, 11) is 0. The lowest BCUT2D eigenvalue weighted by atomic mass is 9.99. The summed E-state index contributed by atoms with van der Waals surface area (Å²) in [6.07, 6.45) is 2.28. The molecule has 6 heteroatoms. The first kappa shape index (κ1) is 18.7. The molecular weight excluding hydrogens is 330 g/mol. The Kier molecular flexibility index (Phi) is 6.14. The predicted octanol–water partition coefficient (Wildman–Crippen LogP) is 2.14. The predicted molar refractivity (Wildman–Crippen MR) is 101 cm³/mol. The van der Waals surface area contributed by atoms with Crippen LogP contribution in [0.25, 0.3) is 0 Å². The van der Waals surface area contributed by atoms with Gasteiger partial charge in [0.15, 0.2) is 0 Å². The lowest BCUT2D eigenvalue weighted by Crippen LogP contribution is -2.43. The van der Waals surface area contributed by atoms with Crippen LogP contribution in [-0.4, -0.2) is 67.6 Å². The Morgan fingerprint density at radius 2 is 1.96 bits per heavy atom. The molecule has 0 bridgehead atoms. The Bertz CT molecular complexity index is 656. The molecular formula is C20H29N3O3. The summed E-state index contributed by atoms with van der Waals surface area (Å²) in [5, 5.41) is 3.21. The molecule has 0 saturated carbocycles. The molecule has 2 aliphatic heterocycles. The third kappa shape index (κ3) is 4.55. The summed E-state index contributed by atoms with van der Waals surface area (Å²) in [6.45, 7) is 8.64. The first-order chi connectivity index (χ1) is 12.5. The van der Waals surface area contributed by atoms with Crippen molar-refractivity contribution in [2.45, 2.75) is 26.7 Å². The molecule has 2 heterocycles. The molecule has 6 nitrogen and oxygen atoms in total. The average molecular weight is 359 g/mol. The maximum atomic E-state index is 12.7. The van der Waals surface area contributed by atoms with Gasteiger partial charge in [0.1, 0.15) is 0 Å². The number of anilines is 1. The van der Waals surface area contributed by atoms with Crippen LogP contribution in [0, 0.1) is 12.8 Å². The van der Waals surface area contributed by atoms with Gasteiger partial charge in [-0.25, -0.2) is 0 Å². The number of hydrogen-bond donors (Lipinski definition) is 1. The summed E-state index contributed by atoms with van der Waals surface area (Å²) in [5.74, 6) is 0.756. The molecule has 2 amide bonds. The number of rotatable bonds is 4. The zero-order chi connectivity index (χ0) is 18.5. The minimum absolute atomic E-state index is 0.0788. The minimum atomic E-state index is 0.0788. The van der Waals surface area contributed by atoms with Crippen molar-refractivity contribution in [1.82, 2.24) is 9.80 Å². The summed E-state index contributed by atoms with van der Waals surface area (Å²) in [6, 6.07) is 5.68. The molecule has 142 valence electrons. The van der Waals surface area contributed by atoms with Gasteiger partial charge >= 0.3 is 0 Å². The number of hydrogen-bond acceptors (Lipinski definition) is 4. The number of amides is 2.